The van der Waals surface area contributed by atoms with Crippen LogP contribution in [0.4, 0.5) is 5.69 Å². The second kappa shape index (κ2) is 4.05. The third-order valence-corrected chi connectivity index (χ3v) is 3.62. The summed E-state index contributed by atoms with van der Waals surface area (Å²) < 4.78 is 0. The number of fused-ring (bicyclic) bond motifs is 1. The molecule has 1 aliphatic rings. The van der Waals surface area contributed by atoms with Crippen LogP contribution in [0.5, 0.6) is 0 Å². The molecule has 4 nitrogen and oxygen atoms in total. The van der Waals surface area contributed by atoms with E-state index in [1.807, 2.05) is 24.3 Å². The van der Waals surface area contributed by atoms with Crippen molar-refractivity contribution in [3.05, 3.63) is 30.0 Å². The Hall–Kier alpha value is -1.97. The highest BCUT2D eigenvalue weighted by Gasteiger charge is 2.29. The Bertz CT molecular complexity index is 598. The Kier molecular flexibility index (Phi) is 2.51. The molecule has 0 spiro atoms. The molecule has 94 valence electrons. The Labute approximate surface area is 106 Å². The maximum Gasteiger partial charge on any atom is 0.267 e. The molecule has 1 fully saturated rings. The average molecular weight is 243 g/mol. The van der Waals surface area contributed by atoms with Gasteiger partial charge in [-0.2, -0.15) is 0 Å². The van der Waals surface area contributed by atoms with Crippen LogP contribution in [0.25, 0.3) is 10.9 Å². The molecule has 2 aromatic rings. The lowest BCUT2D eigenvalue weighted by Gasteiger charge is -2.11. The van der Waals surface area contributed by atoms with E-state index in [1.165, 1.54) is 12.8 Å². The number of anilines is 1. The lowest BCUT2D eigenvalue weighted by atomic mass is 10.2. The number of rotatable bonds is 3. The molecule has 1 amide bonds. The van der Waals surface area contributed by atoms with Crippen molar-refractivity contribution in [2.24, 2.45) is 5.92 Å². The summed E-state index contributed by atoms with van der Waals surface area (Å²) in [4.78, 5) is 15.2. The van der Waals surface area contributed by atoms with Crippen LogP contribution in [-0.2, 0) is 0 Å². The average Bonchev–Trinajstić information content (AvgIpc) is 3.09. The number of para-hydroxylation sites is 1. The SMILES string of the molecule is CC(NC(=O)c1cc2cccc(N)c2[nH]1)C1CC1. The first-order chi connectivity index (χ1) is 8.65. The van der Waals surface area contributed by atoms with Gasteiger partial charge in [0.25, 0.3) is 5.91 Å². The highest BCUT2D eigenvalue weighted by atomic mass is 16.1. The molecule has 1 aliphatic carbocycles. The third-order valence-electron chi connectivity index (χ3n) is 3.62. The number of hydrogen-bond donors (Lipinski definition) is 3. The van der Waals surface area contributed by atoms with E-state index < -0.39 is 0 Å². The van der Waals surface area contributed by atoms with Crippen molar-refractivity contribution in [3.63, 3.8) is 0 Å². The molecule has 1 heterocycles. The number of nitrogens with one attached hydrogen (secondary N) is 2. The molecule has 1 atom stereocenters. The number of amides is 1. The van der Waals surface area contributed by atoms with Crippen LogP contribution in [0.1, 0.15) is 30.3 Å². The summed E-state index contributed by atoms with van der Waals surface area (Å²) in [6.07, 6.45) is 2.45. The summed E-state index contributed by atoms with van der Waals surface area (Å²) in [5, 5.41) is 4.00. The minimum absolute atomic E-state index is 0.0509. The molecule has 1 unspecified atom stereocenters. The van der Waals surface area contributed by atoms with Crippen molar-refractivity contribution in [1.29, 1.82) is 0 Å². The number of carbonyl (C=O) groups excluding carboxylic acids is 1. The lowest BCUT2D eigenvalue weighted by molar-refractivity contribution is 0.0931. The number of nitrogens with two attached hydrogens (primary N) is 1. The van der Waals surface area contributed by atoms with Crippen molar-refractivity contribution in [2.45, 2.75) is 25.8 Å². The first-order valence-electron chi connectivity index (χ1n) is 6.33. The summed E-state index contributed by atoms with van der Waals surface area (Å²) in [6, 6.07) is 7.76. The monoisotopic (exact) mass is 243 g/mol. The number of aromatic amines is 1. The smallest absolute Gasteiger partial charge is 0.267 e. The molecule has 4 heteroatoms. The van der Waals surface area contributed by atoms with Gasteiger partial charge in [-0.3, -0.25) is 4.79 Å². The van der Waals surface area contributed by atoms with E-state index in [0.717, 1.165) is 10.9 Å². The lowest BCUT2D eigenvalue weighted by Crippen LogP contribution is -2.34. The van der Waals surface area contributed by atoms with Crippen LogP contribution in [-0.4, -0.2) is 16.9 Å². The Morgan fingerprint density at radius 3 is 2.94 bits per heavy atom. The van der Waals surface area contributed by atoms with E-state index in [-0.39, 0.29) is 11.9 Å². The van der Waals surface area contributed by atoms with Gasteiger partial charge in [0.05, 0.1) is 11.2 Å². The molecule has 0 radical (unpaired) electrons. The molecule has 1 aromatic heterocycles. The van der Waals surface area contributed by atoms with Gasteiger partial charge in [-0.05, 0) is 37.8 Å². The molecule has 3 rings (SSSR count). The van der Waals surface area contributed by atoms with Crippen LogP contribution >= 0.6 is 0 Å². The number of H-pyrrole nitrogens is 1. The largest absolute Gasteiger partial charge is 0.397 e. The van der Waals surface area contributed by atoms with Crippen molar-refractivity contribution in [1.82, 2.24) is 10.3 Å². The Morgan fingerprint density at radius 2 is 2.28 bits per heavy atom. The fraction of sp³-hybridized carbons (Fsp3) is 0.357. The Morgan fingerprint density at radius 1 is 1.50 bits per heavy atom. The van der Waals surface area contributed by atoms with Crippen LogP contribution in [0.2, 0.25) is 0 Å². The van der Waals surface area contributed by atoms with Gasteiger partial charge in [-0.25, -0.2) is 0 Å². The standard InChI is InChI=1S/C14H17N3O/c1-8(9-5-6-9)16-14(18)12-7-10-3-2-4-11(15)13(10)17-12/h2-4,7-9,17H,5-6,15H2,1H3,(H,16,18). The minimum atomic E-state index is -0.0509. The predicted octanol–water partition coefficient (Wildman–Crippen LogP) is 2.28. The van der Waals surface area contributed by atoms with Crippen LogP contribution in [0, 0.1) is 5.92 Å². The fourth-order valence-corrected chi connectivity index (χ4v) is 2.30. The first-order valence-corrected chi connectivity index (χ1v) is 6.33. The van der Waals surface area contributed by atoms with E-state index in [0.29, 0.717) is 17.3 Å². The van der Waals surface area contributed by atoms with Crippen molar-refractivity contribution >= 4 is 22.5 Å². The summed E-state index contributed by atoms with van der Waals surface area (Å²) in [7, 11) is 0. The predicted molar refractivity (Wildman–Crippen MR) is 72.4 cm³/mol. The van der Waals surface area contributed by atoms with Gasteiger partial charge in [-0.15, -0.1) is 0 Å². The third kappa shape index (κ3) is 1.94. The summed E-state index contributed by atoms with van der Waals surface area (Å²) in [5.74, 6) is 0.605. The molecular weight excluding hydrogens is 226 g/mol. The van der Waals surface area contributed by atoms with Crippen molar-refractivity contribution in [2.75, 3.05) is 5.73 Å². The van der Waals surface area contributed by atoms with Crippen LogP contribution in [0.15, 0.2) is 24.3 Å². The number of nitrogen functional groups attached to an aromatic ring is 1. The normalized spacial score (nSPS) is 16.7. The molecule has 0 aliphatic heterocycles. The molecule has 0 saturated heterocycles. The van der Waals surface area contributed by atoms with E-state index in [4.69, 9.17) is 5.73 Å². The zero-order valence-electron chi connectivity index (χ0n) is 10.4. The second-order valence-electron chi connectivity index (χ2n) is 5.09. The van der Waals surface area contributed by atoms with Crippen LogP contribution < -0.4 is 11.1 Å². The van der Waals surface area contributed by atoms with Gasteiger partial charge in [0, 0.05) is 11.4 Å². The molecule has 18 heavy (non-hydrogen) atoms. The van der Waals surface area contributed by atoms with E-state index in [2.05, 4.69) is 17.2 Å². The molecule has 0 bridgehead atoms. The summed E-state index contributed by atoms with van der Waals surface area (Å²) >= 11 is 0. The van der Waals surface area contributed by atoms with Gasteiger partial charge < -0.3 is 16.0 Å². The fourth-order valence-electron chi connectivity index (χ4n) is 2.30. The number of hydrogen-bond acceptors (Lipinski definition) is 2. The highest BCUT2D eigenvalue weighted by Crippen LogP contribution is 2.32. The van der Waals surface area contributed by atoms with Crippen molar-refractivity contribution in [3.8, 4) is 0 Å². The zero-order valence-corrected chi connectivity index (χ0v) is 10.4. The molecule has 1 aromatic carbocycles. The van der Waals surface area contributed by atoms with Gasteiger partial charge in [0.1, 0.15) is 5.69 Å². The number of aromatic nitrogens is 1. The number of benzene rings is 1. The van der Waals surface area contributed by atoms with Crippen LogP contribution in [0.3, 0.4) is 0 Å². The van der Waals surface area contributed by atoms with Gasteiger partial charge in [-0.1, -0.05) is 12.1 Å². The summed E-state index contributed by atoms with van der Waals surface area (Å²) in [6.45, 7) is 2.06. The molecule has 1 saturated carbocycles. The van der Waals surface area contributed by atoms with E-state index >= 15 is 0 Å². The topological polar surface area (TPSA) is 70.9 Å². The van der Waals surface area contributed by atoms with E-state index in [9.17, 15) is 4.79 Å². The highest BCUT2D eigenvalue weighted by molar-refractivity contribution is 6.00. The van der Waals surface area contributed by atoms with Gasteiger partial charge in [0.15, 0.2) is 0 Å². The maximum absolute atomic E-state index is 12.1. The quantitative estimate of drug-likeness (QED) is 0.724. The molecule has 4 N–H and O–H groups in total. The number of carbonyl (C=O) groups is 1. The first kappa shape index (κ1) is 11.1. The molecular formula is C14H17N3O. The Balaban J connectivity index is 1.84. The van der Waals surface area contributed by atoms with Gasteiger partial charge in [0.2, 0.25) is 0 Å². The zero-order chi connectivity index (χ0) is 12.7. The summed E-state index contributed by atoms with van der Waals surface area (Å²) in [5.41, 5.74) is 7.95. The minimum Gasteiger partial charge on any atom is -0.397 e. The van der Waals surface area contributed by atoms with E-state index in [1.54, 1.807) is 0 Å². The second-order valence-corrected chi connectivity index (χ2v) is 5.09. The van der Waals surface area contributed by atoms with Gasteiger partial charge >= 0.3 is 0 Å². The van der Waals surface area contributed by atoms with Crippen molar-refractivity contribution < 1.29 is 4.79 Å². The maximum atomic E-state index is 12.1.